The van der Waals surface area contributed by atoms with Crippen LogP contribution in [-0.2, 0) is 24.5 Å². The van der Waals surface area contributed by atoms with E-state index in [9.17, 15) is 4.79 Å². The molecule has 0 fully saturated rings. The summed E-state index contributed by atoms with van der Waals surface area (Å²) in [6.07, 6.45) is 0.653. The van der Waals surface area contributed by atoms with Gasteiger partial charge in [0.25, 0.3) is 5.91 Å². The number of anilines is 2. The summed E-state index contributed by atoms with van der Waals surface area (Å²) in [4.78, 5) is 17.4. The van der Waals surface area contributed by atoms with E-state index < -0.39 is 0 Å². The average molecular weight is 441 g/mol. The van der Waals surface area contributed by atoms with Gasteiger partial charge in [0.15, 0.2) is 11.5 Å². The van der Waals surface area contributed by atoms with Crippen LogP contribution in [0.4, 0.5) is 11.5 Å². The average Bonchev–Trinajstić information content (AvgIpc) is 3.12. The van der Waals surface area contributed by atoms with Crippen molar-refractivity contribution in [1.82, 2.24) is 14.9 Å². The third-order valence-corrected chi connectivity index (χ3v) is 5.36. The molecule has 2 N–H and O–H groups in total. The molecule has 2 aromatic carbocycles. The van der Waals surface area contributed by atoms with Crippen LogP contribution in [0, 0.1) is 0 Å². The molecule has 1 amide bonds. The minimum absolute atomic E-state index is 0.218. The minimum atomic E-state index is -0.243. The standard InChI is InChI=1S/C24H29ClN4O2/c1-5-21-28-23(27-20-12-11-18(16(2)3)13-19(20)25)22(24(30)26-4)29(21)15-31-14-17-9-7-6-8-10-17/h6-13,16,27H,5,14-15H2,1-4H3,(H,26,30). The highest BCUT2D eigenvalue weighted by Crippen LogP contribution is 2.30. The molecule has 3 aromatic rings. The number of carbonyl (C=O) groups is 1. The molecule has 0 aliphatic rings. The number of benzene rings is 2. The highest BCUT2D eigenvalue weighted by Gasteiger charge is 2.22. The zero-order valence-electron chi connectivity index (χ0n) is 18.4. The predicted octanol–water partition coefficient (Wildman–Crippen LogP) is 5.50. The van der Waals surface area contributed by atoms with Crippen molar-refractivity contribution in [2.45, 2.75) is 46.4 Å². The molecule has 7 heteroatoms. The zero-order valence-corrected chi connectivity index (χ0v) is 19.2. The summed E-state index contributed by atoms with van der Waals surface area (Å²) in [6, 6.07) is 15.8. The van der Waals surface area contributed by atoms with E-state index in [4.69, 9.17) is 16.3 Å². The van der Waals surface area contributed by atoms with Gasteiger partial charge in [0, 0.05) is 13.5 Å². The summed E-state index contributed by atoms with van der Waals surface area (Å²) < 4.78 is 7.71. The normalized spacial score (nSPS) is 11.0. The Kier molecular flexibility index (Phi) is 7.71. The zero-order chi connectivity index (χ0) is 22.4. The molecule has 0 unspecified atom stereocenters. The first kappa shape index (κ1) is 22.8. The molecule has 6 nitrogen and oxygen atoms in total. The Balaban J connectivity index is 1.89. The molecule has 0 atom stereocenters. The number of nitrogens with one attached hydrogen (secondary N) is 2. The smallest absolute Gasteiger partial charge is 0.271 e. The number of hydrogen-bond donors (Lipinski definition) is 2. The maximum Gasteiger partial charge on any atom is 0.271 e. The summed E-state index contributed by atoms with van der Waals surface area (Å²) >= 11 is 6.50. The number of aromatic nitrogens is 2. The lowest BCUT2D eigenvalue weighted by Crippen LogP contribution is -2.24. The van der Waals surface area contributed by atoms with Gasteiger partial charge >= 0.3 is 0 Å². The Morgan fingerprint density at radius 2 is 1.94 bits per heavy atom. The van der Waals surface area contributed by atoms with Gasteiger partial charge in [-0.15, -0.1) is 0 Å². The van der Waals surface area contributed by atoms with Crippen LogP contribution in [0.1, 0.15) is 54.1 Å². The molecule has 0 aliphatic carbocycles. The largest absolute Gasteiger partial charge is 0.356 e. The summed E-state index contributed by atoms with van der Waals surface area (Å²) in [5, 5.41) is 6.53. The molecule has 0 radical (unpaired) electrons. The van der Waals surface area contributed by atoms with Gasteiger partial charge in [-0.2, -0.15) is 0 Å². The Morgan fingerprint density at radius 3 is 2.55 bits per heavy atom. The molecule has 1 heterocycles. The van der Waals surface area contributed by atoms with Gasteiger partial charge in [-0.25, -0.2) is 4.98 Å². The third kappa shape index (κ3) is 5.46. The maximum atomic E-state index is 12.7. The van der Waals surface area contributed by atoms with Crippen molar-refractivity contribution in [2.75, 3.05) is 12.4 Å². The van der Waals surface area contributed by atoms with Gasteiger partial charge in [-0.3, -0.25) is 9.36 Å². The number of hydrogen-bond acceptors (Lipinski definition) is 4. The molecule has 0 bridgehead atoms. The second kappa shape index (κ2) is 10.5. The van der Waals surface area contributed by atoms with E-state index in [2.05, 4.69) is 29.5 Å². The van der Waals surface area contributed by atoms with E-state index in [1.807, 2.05) is 55.5 Å². The summed E-state index contributed by atoms with van der Waals surface area (Å²) in [5.41, 5.74) is 3.33. The number of aryl methyl sites for hydroxylation is 1. The van der Waals surface area contributed by atoms with E-state index >= 15 is 0 Å². The second-order valence-corrected chi connectivity index (χ2v) is 7.98. The number of rotatable bonds is 9. The number of halogens is 1. The quantitative estimate of drug-likeness (QED) is 0.461. The number of nitrogens with zero attached hydrogens (tertiary/aromatic N) is 2. The molecule has 0 spiro atoms. The van der Waals surface area contributed by atoms with Crippen LogP contribution in [0.25, 0.3) is 0 Å². The van der Waals surface area contributed by atoms with Crippen molar-refractivity contribution >= 4 is 29.0 Å². The molecular formula is C24H29ClN4O2. The van der Waals surface area contributed by atoms with Gasteiger partial charge < -0.3 is 15.4 Å². The molecule has 0 saturated carbocycles. The molecule has 0 aliphatic heterocycles. The Hall–Kier alpha value is -2.83. The molecular weight excluding hydrogens is 412 g/mol. The lowest BCUT2D eigenvalue weighted by molar-refractivity contribution is 0.0589. The Morgan fingerprint density at radius 1 is 1.19 bits per heavy atom. The van der Waals surface area contributed by atoms with Gasteiger partial charge in [0.2, 0.25) is 0 Å². The molecule has 3 rings (SSSR count). The number of imidazole rings is 1. The number of amides is 1. The van der Waals surface area contributed by atoms with Crippen LogP contribution in [0.2, 0.25) is 5.02 Å². The molecule has 0 saturated heterocycles. The SMILES string of the molecule is CCc1nc(Nc2ccc(C(C)C)cc2Cl)c(C(=O)NC)n1COCc1ccccc1. The maximum absolute atomic E-state index is 12.7. The van der Waals surface area contributed by atoms with Gasteiger partial charge in [-0.05, 0) is 29.2 Å². The minimum Gasteiger partial charge on any atom is -0.356 e. The van der Waals surface area contributed by atoms with Crippen molar-refractivity contribution in [3.05, 3.63) is 76.2 Å². The predicted molar refractivity (Wildman–Crippen MR) is 125 cm³/mol. The molecule has 31 heavy (non-hydrogen) atoms. The lowest BCUT2D eigenvalue weighted by atomic mass is 10.0. The van der Waals surface area contributed by atoms with E-state index in [1.165, 1.54) is 0 Å². The van der Waals surface area contributed by atoms with Crippen LogP contribution in [0.3, 0.4) is 0 Å². The topological polar surface area (TPSA) is 68.2 Å². The van der Waals surface area contributed by atoms with Crippen LogP contribution >= 0.6 is 11.6 Å². The Labute approximate surface area is 188 Å². The van der Waals surface area contributed by atoms with E-state index in [1.54, 1.807) is 11.6 Å². The van der Waals surface area contributed by atoms with E-state index in [0.717, 1.165) is 17.0 Å². The van der Waals surface area contributed by atoms with Crippen molar-refractivity contribution in [1.29, 1.82) is 0 Å². The van der Waals surface area contributed by atoms with Gasteiger partial charge in [0.05, 0.1) is 17.3 Å². The third-order valence-electron chi connectivity index (χ3n) is 5.05. The van der Waals surface area contributed by atoms with Crippen molar-refractivity contribution in [3.63, 3.8) is 0 Å². The van der Waals surface area contributed by atoms with Crippen molar-refractivity contribution < 1.29 is 9.53 Å². The summed E-state index contributed by atoms with van der Waals surface area (Å²) in [7, 11) is 1.60. The Bertz CT molecular complexity index is 1030. The van der Waals surface area contributed by atoms with Gasteiger partial charge in [-0.1, -0.05) is 68.8 Å². The van der Waals surface area contributed by atoms with Crippen LogP contribution in [0.5, 0.6) is 0 Å². The van der Waals surface area contributed by atoms with Crippen LogP contribution in [0.15, 0.2) is 48.5 Å². The van der Waals surface area contributed by atoms with E-state index in [-0.39, 0.29) is 12.6 Å². The fourth-order valence-corrected chi connectivity index (χ4v) is 3.53. The number of carbonyl (C=O) groups excluding carboxylic acids is 1. The first-order valence-electron chi connectivity index (χ1n) is 10.4. The van der Waals surface area contributed by atoms with Gasteiger partial charge in [0.1, 0.15) is 12.6 Å². The summed E-state index contributed by atoms with van der Waals surface area (Å²) in [6.45, 7) is 6.90. The monoisotopic (exact) mass is 440 g/mol. The van der Waals surface area contributed by atoms with Crippen molar-refractivity contribution in [2.24, 2.45) is 0 Å². The van der Waals surface area contributed by atoms with Crippen LogP contribution < -0.4 is 10.6 Å². The molecule has 1 aromatic heterocycles. The fraction of sp³-hybridized carbons (Fsp3) is 0.333. The van der Waals surface area contributed by atoms with Crippen LogP contribution in [-0.4, -0.2) is 22.5 Å². The highest BCUT2D eigenvalue weighted by molar-refractivity contribution is 6.33. The first-order chi connectivity index (χ1) is 14.9. The number of ether oxygens (including phenoxy) is 1. The fourth-order valence-electron chi connectivity index (χ4n) is 3.29. The summed E-state index contributed by atoms with van der Waals surface area (Å²) in [5.74, 6) is 1.34. The van der Waals surface area contributed by atoms with E-state index in [0.29, 0.717) is 41.2 Å². The second-order valence-electron chi connectivity index (χ2n) is 7.57. The molecule has 164 valence electrons. The highest BCUT2D eigenvalue weighted by atomic mass is 35.5. The lowest BCUT2D eigenvalue weighted by Gasteiger charge is -2.13. The first-order valence-corrected chi connectivity index (χ1v) is 10.8. The van der Waals surface area contributed by atoms with Crippen molar-refractivity contribution in [3.8, 4) is 0 Å².